The van der Waals surface area contributed by atoms with Crippen LogP contribution in [0.2, 0.25) is 0 Å². The van der Waals surface area contributed by atoms with Crippen molar-refractivity contribution >= 4 is 22.7 Å². The van der Waals surface area contributed by atoms with Crippen molar-refractivity contribution in [2.24, 2.45) is 0 Å². The van der Waals surface area contributed by atoms with Gasteiger partial charge >= 0.3 is 0 Å². The molecule has 2 heteroatoms. The molecule has 0 unspecified atom stereocenters. The standard InChI is InChI=1S/C20H20N2/c1-15-3-7-17(8-4-15)21-19-11-13-20(14-12-19)22-18-9-5-16(2)6-10-18/h3-14,21-22H,1-2H3. The van der Waals surface area contributed by atoms with E-state index < -0.39 is 0 Å². The quantitative estimate of drug-likeness (QED) is 0.635. The summed E-state index contributed by atoms with van der Waals surface area (Å²) in [5.74, 6) is 0. The second-order valence-electron chi connectivity index (χ2n) is 5.56. The van der Waals surface area contributed by atoms with Crippen LogP contribution in [0.3, 0.4) is 0 Å². The first kappa shape index (κ1) is 14.2. The summed E-state index contributed by atoms with van der Waals surface area (Å²) in [5, 5.41) is 6.80. The molecule has 0 saturated carbocycles. The van der Waals surface area contributed by atoms with Gasteiger partial charge < -0.3 is 10.6 Å². The summed E-state index contributed by atoms with van der Waals surface area (Å²) in [5.41, 5.74) is 6.90. The maximum absolute atomic E-state index is 3.40. The maximum Gasteiger partial charge on any atom is 0.0385 e. The van der Waals surface area contributed by atoms with Crippen LogP contribution in [0, 0.1) is 13.8 Å². The molecule has 3 aromatic rings. The van der Waals surface area contributed by atoms with Crippen molar-refractivity contribution in [3.8, 4) is 0 Å². The van der Waals surface area contributed by atoms with Crippen molar-refractivity contribution in [3.63, 3.8) is 0 Å². The lowest BCUT2D eigenvalue weighted by Crippen LogP contribution is -1.92. The molecule has 3 aromatic carbocycles. The summed E-state index contributed by atoms with van der Waals surface area (Å²) in [7, 11) is 0. The molecule has 0 aromatic heterocycles. The lowest BCUT2D eigenvalue weighted by atomic mass is 10.2. The Morgan fingerprint density at radius 1 is 0.409 bits per heavy atom. The Morgan fingerprint density at radius 3 is 0.909 bits per heavy atom. The van der Waals surface area contributed by atoms with E-state index in [4.69, 9.17) is 0 Å². The predicted molar refractivity (Wildman–Crippen MR) is 95.4 cm³/mol. The van der Waals surface area contributed by atoms with Crippen molar-refractivity contribution in [2.45, 2.75) is 13.8 Å². The summed E-state index contributed by atoms with van der Waals surface area (Å²) in [6, 6.07) is 25.1. The van der Waals surface area contributed by atoms with E-state index >= 15 is 0 Å². The zero-order chi connectivity index (χ0) is 15.4. The Balaban J connectivity index is 1.67. The number of anilines is 4. The number of rotatable bonds is 4. The highest BCUT2D eigenvalue weighted by Crippen LogP contribution is 2.22. The van der Waals surface area contributed by atoms with Crippen molar-refractivity contribution in [2.75, 3.05) is 10.6 Å². The van der Waals surface area contributed by atoms with E-state index in [1.165, 1.54) is 11.1 Å². The summed E-state index contributed by atoms with van der Waals surface area (Å²) in [4.78, 5) is 0. The highest BCUT2D eigenvalue weighted by Gasteiger charge is 1.97. The second-order valence-corrected chi connectivity index (χ2v) is 5.56. The third-order valence-electron chi connectivity index (χ3n) is 3.57. The van der Waals surface area contributed by atoms with Gasteiger partial charge in [-0.3, -0.25) is 0 Å². The maximum atomic E-state index is 3.40. The Bertz CT molecular complexity index is 660. The summed E-state index contributed by atoms with van der Waals surface area (Å²) < 4.78 is 0. The predicted octanol–water partition coefficient (Wildman–Crippen LogP) is 5.79. The van der Waals surface area contributed by atoms with Gasteiger partial charge in [-0.1, -0.05) is 35.4 Å². The first-order chi connectivity index (χ1) is 10.7. The molecule has 0 bridgehead atoms. The highest BCUT2D eigenvalue weighted by molar-refractivity contribution is 5.66. The van der Waals surface area contributed by atoms with Crippen molar-refractivity contribution in [3.05, 3.63) is 83.9 Å². The van der Waals surface area contributed by atoms with Crippen LogP contribution in [0.5, 0.6) is 0 Å². The molecular weight excluding hydrogens is 268 g/mol. The van der Waals surface area contributed by atoms with Crippen LogP contribution in [0.4, 0.5) is 22.7 Å². The van der Waals surface area contributed by atoms with E-state index in [2.05, 4.69) is 97.3 Å². The summed E-state index contributed by atoms with van der Waals surface area (Å²) in [6.45, 7) is 4.19. The van der Waals surface area contributed by atoms with Gasteiger partial charge in [0.05, 0.1) is 0 Å². The van der Waals surface area contributed by atoms with Crippen LogP contribution in [0.25, 0.3) is 0 Å². The molecule has 2 N–H and O–H groups in total. The Labute approximate surface area is 131 Å². The van der Waals surface area contributed by atoms with Crippen molar-refractivity contribution in [1.29, 1.82) is 0 Å². The summed E-state index contributed by atoms with van der Waals surface area (Å²) in [6.07, 6.45) is 0. The van der Waals surface area contributed by atoms with Crippen LogP contribution in [0.1, 0.15) is 11.1 Å². The Hall–Kier alpha value is -2.74. The van der Waals surface area contributed by atoms with E-state index in [1.807, 2.05) is 0 Å². The molecule has 0 atom stereocenters. The third-order valence-corrected chi connectivity index (χ3v) is 3.57. The zero-order valence-electron chi connectivity index (χ0n) is 12.9. The molecule has 22 heavy (non-hydrogen) atoms. The van der Waals surface area contributed by atoms with Crippen LogP contribution >= 0.6 is 0 Å². The smallest absolute Gasteiger partial charge is 0.0385 e. The number of aryl methyl sites for hydroxylation is 2. The van der Waals surface area contributed by atoms with Gasteiger partial charge in [-0.2, -0.15) is 0 Å². The van der Waals surface area contributed by atoms with Crippen molar-refractivity contribution < 1.29 is 0 Å². The summed E-state index contributed by atoms with van der Waals surface area (Å²) >= 11 is 0. The second kappa shape index (κ2) is 6.35. The van der Waals surface area contributed by atoms with Gasteiger partial charge in [0.2, 0.25) is 0 Å². The zero-order valence-corrected chi connectivity index (χ0v) is 12.9. The number of hydrogen-bond acceptors (Lipinski definition) is 2. The Kier molecular flexibility index (Phi) is 4.10. The molecule has 0 fully saturated rings. The lowest BCUT2D eigenvalue weighted by molar-refractivity contribution is 1.44. The van der Waals surface area contributed by atoms with Gasteiger partial charge in [-0.15, -0.1) is 0 Å². The molecule has 0 heterocycles. The van der Waals surface area contributed by atoms with Crippen LogP contribution < -0.4 is 10.6 Å². The minimum Gasteiger partial charge on any atom is -0.356 e. The third kappa shape index (κ3) is 3.67. The number of hydrogen-bond donors (Lipinski definition) is 2. The fraction of sp³-hybridized carbons (Fsp3) is 0.100. The molecular formula is C20H20N2. The lowest BCUT2D eigenvalue weighted by Gasteiger charge is -2.10. The molecule has 110 valence electrons. The molecule has 0 amide bonds. The molecule has 0 radical (unpaired) electrons. The number of nitrogens with one attached hydrogen (secondary N) is 2. The largest absolute Gasteiger partial charge is 0.356 e. The Morgan fingerprint density at radius 2 is 0.636 bits per heavy atom. The van der Waals surface area contributed by atoms with Gasteiger partial charge in [0, 0.05) is 22.7 Å². The number of benzene rings is 3. The molecule has 0 spiro atoms. The minimum atomic E-state index is 1.08. The molecule has 2 nitrogen and oxygen atoms in total. The van der Waals surface area contributed by atoms with Gasteiger partial charge in [0.25, 0.3) is 0 Å². The first-order valence-corrected chi connectivity index (χ1v) is 7.46. The molecule has 3 rings (SSSR count). The van der Waals surface area contributed by atoms with Crippen LogP contribution in [0.15, 0.2) is 72.8 Å². The van der Waals surface area contributed by atoms with E-state index in [-0.39, 0.29) is 0 Å². The first-order valence-electron chi connectivity index (χ1n) is 7.46. The van der Waals surface area contributed by atoms with E-state index in [1.54, 1.807) is 0 Å². The van der Waals surface area contributed by atoms with Gasteiger partial charge in [0.1, 0.15) is 0 Å². The topological polar surface area (TPSA) is 24.1 Å². The van der Waals surface area contributed by atoms with Gasteiger partial charge in [-0.05, 0) is 62.4 Å². The van der Waals surface area contributed by atoms with Gasteiger partial charge in [-0.25, -0.2) is 0 Å². The normalized spacial score (nSPS) is 10.3. The molecule has 0 aliphatic rings. The molecule has 0 saturated heterocycles. The average Bonchev–Trinajstić information content (AvgIpc) is 2.54. The minimum absolute atomic E-state index is 1.08. The van der Waals surface area contributed by atoms with E-state index in [0.29, 0.717) is 0 Å². The van der Waals surface area contributed by atoms with E-state index in [9.17, 15) is 0 Å². The average molecular weight is 288 g/mol. The fourth-order valence-corrected chi connectivity index (χ4v) is 2.24. The van der Waals surface area contributed by atoms with Crippen LogP contribution in [-0.4, -0.2) is 0 Å². The van der Waals surface area contributed by atoms with Crippen molar-refractivity contribution in [1.82, 2.24) is 0 Å². The fourth-order valence-electron chi connectivity index (χ4n) is 2.24. The monoisotopic (exact) mass is 288 g/mol. The molecule has 0 aliphatic carbocycles. The SMILES string of the molecule is Cc1ccc(Nc2ccc(Nc3ccc(C)cc3)cc2)cc1. The van der Waals surface area contributed by atoms with E-state index in [0.717, 1.165) is 22.7 Å². The van der Waals surface area contributed by atoms with Gasteiger partial charge in [0.15, 0.2) is 0 Å². The van der Waals surface area contributed by atoms with Crippen LogP contribution in [-0.2, 0) is 0 Å². The highest BCUT2D eigenvalue weighted by atomic mass is 14.9. The molecule has 0 aliphatic heterocycles.